The van der Waals surface area contributed by atoms with Gasteiger partial charge in [-0.05, 0) is 37.8 Å². The Balaban J connectivity index is 1.67. The van der Waals surface area contributed by atoms with E-state index in [1.54, 1.807) is 24.1 Å². The number of rotatable bonds is 8. The maximum Gasteiger partial charge on any atom is 0.249 e. The van der Waals surface area contributed by atoms with Crippen LogP contribution in [0.3, 0.4) is 0 Å². The molecule has 7 nitrogen and oxygen atoms in total. The molecule has 1 aliphatic rings. The van der Waals surface area contributed by atoms with Gasteiger partial charge in [-0.15, -0.1) is 0 Å². The summed E-state index contributed by atoms with van der Waals surface area (Å²) in [5, 5.41) is 4.68. The van der Waals surface area contributed by atoms with Gasteiger partial charge in [-0.3, -0.25) is 9.59 Å². The van der Waals surface area contributed by atoms with E-state index in [1.165, 1.54) is 4.90 Å². The van der Waals surface area contributed by atoms with Gasteiger partial charge in [0.1, 0.15) is 6.04 Å². The van der Waals surface area contributed by atoms with E-state index in [-0.39, 0.29) is 24.4 Å². The van der Waals surface area contributed by atoms with Crippen molar-refractivity contribution in [2.45, 2.75) is 57.9 Å². The molecule has 0 aliphatic carbocycles. The van der Waals surface area contributed by atoms with Gasteiger partial charge >= 0.3 is 0 Å². The van der Waals surface area contributed by atoms with E-state index in [9.17, 15) is 9.59 Å². The third-order valence-corrected chi connectivity index (χ3v) is 5.66. The van der Waals surface area contributed by atoms with Crippen LogP contribution in [0.25, 0.3) is 11.4 Å². The van der Waals surface area contributed by atoms with E-state index in [1.807, 2.05) is 12.1 Å². The second-order valence-corrected chi connectivity index (χ2v) is 8.21. The minimum atomic E-state index is -0.268. The largest absolute Gasteiger partial charge is 0.337 e. The summed E-state index contributed by atoms with van der Waals surface area (Å²) in [6, 6.07) is 6.99. The van der Waals surface area contributed by atoms with Gasteiger partial charge in [0.2, 0.25) is 23.5 Å². The summed E-state index contributed by atoms with van der Waals surface area (Å²) in [6.07, 6.45) is 6.08. The van der Waals surface area contributed by atoms with E-state index in [2.05, 4.69) is 17.1 Å². The van der Waals surface area contributed by atoms with Gasteiger partial charge in [-0.25, -0.2) is 0 Å². The third kappa shape index (κ3) is 5.59. The molecular weight excluding hydrogens is 404 g/mol. The van der Waals surface area contributed by atoms with Crippen molar-refractivity contribution in [3.8, 4) is 11.4 Å². The Kier molecular flexibility index (Phi) is 7.85. The van der Waals surface area contributed by atoms with Crippen molar-refractivity contribution >= 4 is 23.4 Å². The van der Waals surface area contributed by atoms with Crippen molar-refractivity contribution in [1.82, 2.24) is 19.9 Å². The lowest BCUT2D eigenvalue weighted by Crippen LogP contribution is -2.44. The van der Waals surface area contributed by atoms with E-state index in [0.29, 0.717) is 29.7 Å². The molecule has 2 aromatic rings. The summed E-state index contributed by atoms with van der Waals surface area (Å²) in [6.45, 7) is 2.79. The number of amides is 2. The molecule has 2 heterocycles. The van der Waals surface area contributed by atoms with Crippen LogP contribution in [-0.4, -0.2) is 51.9 Å². The van der Waals surface area contributed by atoms with Gasteiger partial charge in [0.05, 0.1) is 6.54 Å². The maximum atomic E-state index is 13.0. The number of carbonyl (C=O) groups excluding carboxylic acids is 2. The number of halogens is 1. The molecule has 1 saturated heterocycles. The number of unbranched alkanes of at least 4 members (excludes halogenated alkanes) is 2. The number of likely N-dealkylation sites (tertiary alicyclic amines) is 1. The van der Waals surface area contributed by atoms with E-state index >= 15 is 0 Å². The van der Waals surface area contributed by atoms with Crippen LogP contribution in [0.4, 0.5) is 0 Å². The fourth-order valence-corrected chi connectivity index (χ4v) is 3.89. The maximum absolute atomic E-state index is 13.0. The third-order valence-electron chi connectivity index (χ3n) is 5.43. The Morgan fingerprint density at radius 3 is 2.90 bits per heavy atom. The second-order valence-electron chi connectivity index (χ2n) is 7.77. The number of nitrogens with zero attached hydrogens (tertiary/aromatic N) is 4. The zero-order valence-electron chi connectivity index (χ0n) is 17.6. The Labute approximate surface area is 182 Å². The SMILES string of the molecule is CCCCCC(=O)N(C)CC(=O)N1CCCCC1c1nc(-c2cccc(Cl)c2)no1. The Hall–Kier alpha value is -2.41. The molecule has 30 heavy (non-hydrogen) atoms. The molecule has 1 aromatic carbocycles. The van der Waals surface area contributed by atoms with E-state index < -0.39 is 0 Å². The van der Waals surface area contributed by atoms with Gasteiger partial charge in [-0.2, -0.15) is 4.98 Å². The Bertz CT molecular complexity index is 870. The topological polar surface area (TPSA) is 79.5 Å². The number of carbonyl (C=O) groups is 2. The highest BCUT2D eigenvalue weighted by Gasteiger charge is 2.33. The van der Waals surface area contributed by atoms with E-state index in [4.69, 9.17) is 16.1 Å². The molecule has 0 saturated carbocycles. The van der Waals surface area contributed by atoms with Crippen molar-refractivity contribution in [1.29, 1.82) is 0 Å². The van der Waals surface area contributed by atoms with Gasteiger partial charge < -0.3 is 14.3 Å². The number of aromatic nitrogens is 2. The van der Waals surface area contributed by atoms with Crippen LogP contribution in [0.15, 0.2) is 28.8 Å². The molecule has 0 N–H and O–H groups in total. The molecule has 1 atom stereocenters. The first-order valence-corrected chi connectivity index (χ1v) is 11.0. The van der Waals surface area contributed by atoms with E-state index in [0.717, 1.165) is 44.1 Å². The normalized spacial score (nSPS) is 16.5. The smallest absolute Gasteiger partial charge is 0.249 e. The Morgan fingerprint density at radius 1 is 1.30 bits per heavy atom. The lowest BCUT2D eigenvalue weighted by Gasteiger charge is -2.34. The number of benzene rings is 1. The average Bonchev–Trinajstić information content (AvgIpc) is 3.24. The Morgan fingerprint density at radius 2 is 2.13 bits per heavy atom. The summed E-state index contributed by atoms with van der Waals surface area (Å²) in [7, 11) is 1.69. The van der Waals surface area contributed by atoms with Crippen LogP contribution < -0.4 is 0 Å². The summed E-state index contributed by atoms with van der Waals surface area (Å²) in [5.74, 6) is 0.795. The molecule has 0 bridgehead atoms. The lowest BCUT2D eigenvalue weighted by atomic mass is 10.0. The average molecular weight is 433 g/mol. The molecule has 3 rings (SSSR count). The first-order chi connectivity index (χ1) is 14.5. The zero-order valence-corrected chi connectivity index (χ0v) is 18.4. The van der Waals surface area contributed by atoms with Gasteiger partial charge in [0.25, 0.3) is 0 Å². The molecule has 1 fully saturated rings. The standard InChI is InChI=1S/C22H29ClN4O3/c1-3-4-5-12-19(28)26(2)15-20(29)27-13-7-6-11-18(27)22-24-21(25-30-22)16-9-8-10-17(23)14-16/h8-10,14,18H,3-7,11-13,15H2,1-2H3. The molecule has 2 amide bonds. The molecule has 1 aromatic heterocycles. The molecule has 0 radical (unpaired) electrons. The molecule has 8 heteroatoms. The van der Waals surface area contributed by atoms with Crippen LogP contribution >= 0.6 is 11.6 Å². The number of piperidine rings is 1. The van der Waals surface area contributed by atoms with Crippen LogP contribution in [0.2, 0.25) is 5.02 Å². The predicted octanol–water partition coefficient (Wildman–Crippen LogP) is 4.48. The van der Waals surface area contributed by atoms with Crippen LogP contribution in [0.5, 0.6) is 0 Å². The van der Waals surface area contributed by atoms with Crippen molar-refractivity contribution in [2.24, 2.45) is 0 Å². The number of hydrogen-bond acceptors (Lipinski definition) is 5. The number of likely N-dealkylation sites (N-methyl/N-ethyl adjacent to an activating group) is 1. The predicted molar refractivity (Wildman–Crippen MR) is 115 cm³/mol. The highest BCUT2D eigenvalue weighted by Crippen LogP contribution is 2.31. The fraction of sp³-hybridized carbons (Fsp3) is 0.545. The van der Waals surface area contributed by atoms with Gasteiger partial charge in [-0.1, -0.05) is 48.7 Å². The second kappa shape index (κ2) is 10.6. The van der Waals surface area contributed by atoms with Gasteiger partial charge in [0, 0.05) is 30.6 Å². The highest BCUT2D eigenvalue weighted by atomic mass is 35.5. The quantitative estimate of drug-likeness (QED) is 0.574. The summed E-state index contributed by atoms with van der Waals surface area (Å²) in [5.41, 5.74) is 0.767. The minimum Gasteiger partial charge on any atom is -0.337 e. The first kappa shape index (κ1) is 22.3. The fourth-order valence-electron chi connectivity index (χ4n) is 3.70. The monoisotopic (exact) mass is 432 g/mol. The molecule has 1 aliphatic heterocycles. The molecular formula is C22H29ClN4O3. The molecule has 1 unspecified atom stereocenters. The minimum absolute atomic E-state index is 0.00592. The van der Waals surface area contributed by atoms with Crippen molar-refractivity contribution in [3.63, 3.8) is 0 Å². The highest BCUT2D eigenvalue weighted by molar-refractivity contribution is 6.30. The van der Waals surface area contributed by atoms with Crippen molar-refractivity contribution in [3.05, 3.63) is 35.2 Å². The summed E-state index contributed by atoms with van der Waals surface area (Å²) < 4.78 is 5.52. The van der Waals surface area contributed by atoms with Crippen molar-refractivity contribution in [2.75, 3.05) is 20.1 Å². The molecule has 162 valence electrons. The van der Waals surface area contributed by atoms with Crippen LogP contribution in [0.1, 0.15) is 63.8 Å². The zero-order chi connectivity index (χ0) is 21.5. The lowest BCUT2D eigenvalue weighted by molar-refractivity contribution is -0.142. The van der Waals surface area contributed by atoms with Crippen LogP contribution in [-0.2, 0) is 9.59 Å². The van der Waals surface area contributed by atoms with Crippen molar-refractivity contribution < 1.29 is 14.1 Å². The van der Waals surface area contributed by atoms with Gasteiger partial charge in [0.15, 0.2) is 0 Å². The molecule has 0 spiro atoms. The first-order valence-electron chi connectivity index (χ1n) is 10.6. The van der Waals surface area contributed by atoms with Crippen LogP contribution in [0, 0.1) is 0 Å². The summed E-state index contributed by atoms with van der Waals surface area (Å²) >= 11 is 6.06. The summed E-state index contributed by atoms with van der Waals surface area (Å²) in [4.78, 5) is 33.1. The number of hydrogen-bond donors (Lipinski definition) is 0.